The van der Waals surface area contributed by atoms with E-state index < -0.39 is 0 Å². The van der Waals surface area contributed by atoms with Crippen molar-refractivity contribution in [3.8, 4) is 0 Å². The number of aromatic nitrogens is 2. The first-order valence-corrected chi connectivity index (χ1v) is 8.43. The lowest BCUT2D eigenvalue weighted by molar-refractivity contribution is -0.121. The van der Waals surface area contributed by atoms with Gasteiger partial charge in [0.2, 0.25) is 5.91 Å². The predicted octanol–water partition coefficient (Wildman–Crippen LogP) is 3.39. The number of carbonyl (C=O) groups is 1. The van der Waals surface area contributed by atoms with Crippen LogP contribution in [0.2, 0.25) is 5.02 Å². The molecule has 5 nitrogen and oxygen atoms in total. The van der Waals surface area contributed by atoms with E-state index in [2.05, 4.69) is 15.3 Å². The van der Waals surface area contributed by atoms with E-state index in [-0.39, 0.29) is 23.9 Å². The standard InChI is InChI=1S/C19H18ClN3O2/c1-12(13-6-8-14(20)9-7-13)21-18(24)11-10-17-19(25)23-16-5-3-2-4-15(16)22-17/h2-9,12H,10-11H2,1H3,(H,21,24)(H,23,25). The molecule has 3 rings (SSSR count). The van der Waals surface area contributed by atoms with Crippen LogP contribution in [0.4, 0.5) is 0 Å². The normalized spacial score (nSPS) is 12.1. The number of aryl methyl sites for hydroxylation is 1. The van der Waals surface area contributed by atoms with E-state index in [1.807, 2.05) is 37.3 Å². The van der Waals surface area contributed by atoms with Gasteiger partial charge < -0.3 is 10.3 Å². The summed E-state index contributed by atoms with van der Waals surface area (Å²) in [7, 11) is 0. The number of hydrogen-bond donors (Lipinski definition) is 2. The van der Waals surface area contributed by atoms with E-state index in [1.54, 1.807) is 18.2 Å². The summed E-state index contributed by atoms with van der Waals surface area (Å²) in [6.45, 7) is 1.90. The molecule has 1 atom stereocenters. The first-order valence-electron chi connectivity index (χ1n) is 8.05. The SMILES string of the molecule is CC(NC(=O)CCc1nc2ccccc2[nH]c1=O)c1ccc(Cl)cc1. The van der Waals surface area contributed by atoms with Crippen LogP contribution in [0.3, 0.4) is 0 Å². The smallest absolute Gasteiger partial charge is 0.270 e. The van der Waals surface area contributed by atoms with Crippen LogP contribution in [0.5, 0.6) is 0 Å². The molecule has 1 amide bonds. The molecule has 0 saturated carbocycles. The summed E-state index contributed by atoms with van der Waals surface area (Å²) >= 11 is 5.87. The van der Waals surface area contributed by atoms with Crippen molar-refractivity contribution >= 4 is 28.5 Å². The number of hydrogen-bond acceptors (Lipinski definition) is 3. The summed E-state index contributed by atoms with van der Waals surface area (Å²) in [6.07, 6.45) is 0.492. The van der Waals surface area contributed by atoms with Gasteiger partial charge in [-0.05, 0) is 36.8 Å². The number of amides is 1. The highest BCUT2D eigenvalue weighted by Gasteiger charge is 2.12. The molecule has 2 aromatic carbocycles. The molecule has 1 unspecified atom stereocenters. The molecule has 0 fully saturated rings. The molecule has 0 radical (unpaired) electrons. The van der Waals surface area contributed by atoms with Gasteiger partial charge in [0.25, 0.3) is 5.56 Å². The van der Waals surface area contributed by atoms with Crippen LogP contribution in [0, 0.1) is 0 Å². The fourth-order valence-electron chi connectivity index (χ4n) is 2.62. The van der Waals surface area contributed by atoms with Crippen LogP contribution in [0.25, 0.3) is 11.0 Å². The van der Waals surface area contributed by atoms with Crippen molar-refractivity contribution in [3.05, 3.63) is 75.2 Å². The van der Waals surface area contributed by atoms with Crippen LogP contribution in [0.1, 0.15) is 30.6 Å². The number of fused-ring (bicyclic) bond motifs is 1. The van der Waals surface area contributed by atoms with Crippen LogP contribution in [-0.4, -0.2) is 15.9 Å². The van der Waals surface area contributed by atoms with Crippen molar-refractivity contribution in [1.82, 2.24) is 15.3 Å². The third-order valence-electron chi connectivity index (χ3n) is 4.01. The molecule has 0 bridgehead atoms. The molecular formula is C19H18ClN3O2. The molecule has 25 heavy (non-hydrogen) atoms. The summed E-state index contributed by atoms with van der Waals surface area (Å²) in [5, 5.41) is 3.58. The highest BCUT2D eigenvalue weighted by atomic mass is 35.5. The Hall–Kier alpha value is -2.66. The lowest BCUT2D eigenvalue weighted by atomic mass is 10.1. The predicted molar refractivity (Wildman–Crippen MR) is 98.7 cm³/mol. The summed E-state index contributed by atoms with van der Waals surface area (Å²) in [4.78, 5) is 31.4. The Balaban J connectivity index is 1.63. The van der Waals surface area contributed by atoms with E-state index in [0.29, 0.717) is 28.2 Å². The van der Waals surface area contributed by atoms with E-state index in [9.17, 15) is 9.59 Å². The Morgan fingerprint density at radius 2 is 1.92 bits per heavy atom. The Morgan fingerprint density at radius 1 is 1.20 bits per heavy atom. The highest BCUT2D eigenvalue weighted by Crippen LogP contribution is 2.16. The number of aromatic amines is 1. The van der Waals surface area contributed by atoms with Crippen molar-refractivity contribution in [1.29, 1.82) is 0 Å². The molecule has 0 aliphatic carbocycles. The van der Waals surface area contributed by atoms with Gasteiger partial charge in [-0.15, -0.1) is 0 Å². The molecule has 1 aromatic heterocycles. The molecule has 1 heterocycles. The van der Waals surface area contributed by atoms with Gasteiger partial charge in [0.1, 0.15) is 5.69 Å². The second kappa shape index (κ2) is 7.49. The molecule has 0 saturated heterocycles. The number of nitrogens with one attached hydrogen (secondary N) is 2. The van der Waals surface area contributed by atoms with Gasteiger partial charge in [-0.25, -0.2) is 4.98 Å². The number of nitrogens with zero attached hydrogens (tertiary/aromatic N) is 1. The Labute approximate surface area is 150 Å². The van der Waals surface area contributed by atoms with Crippen molar-refractivity contribution in [2.75, 3.05) is 0 Å². The Kier molecular flexibility index (Phi) is 5.14. The minimum Gasteiger partial charge on any atom is -0.350 e. The molecule has 128 valence electrons. The zero-order chi connectivity index (χ0) is 17.8. The zero-order valence-electron chi connectivity index (χ0n) is 13.8. The second-order valence-corrected chi connectivity index (χ2v) is 6.31. The zero-order valence-corrected chi connectivity index (χ0v) is 14.5. The average Bonchev–Trinajstić information content (AvgIpc) is 2.60. The van der Waals surface area contributed by atoms with Gasteiger partial charge >= 0.3 is 0 Å². The fraction of sp³-hybridized carbons (Fsp3) is 0.211. The van der Waals surface area contributed by atoms with E-state index >= 15 is 0 Å². The maximum absolute atomic E-state index is 12.2. The quantitative estimate of drug-likeness (QED) is 0.736. The molecule has 0 aliphatic heterocycles. The minimum absolute atomic E-state index is 0.128. The maximum Gasteiger partial charge on any atom is 0.270 e. The maximum atomic E-state index is 12.2. The third-order valence-corrected chi connectivity index (χ3v) is 4.26. The Morgan fingerprint density at radius 3 is 2.68 bits per heavy atom. The molecule has 6 heteroatoms. The molecule has 0 aliphatic rings. The van der Waals surface area contributed by atoms with Crippen LogP contribution >= 0.6 is 11.6 Å². The number of benzene rings is 2. The number of carbonyl (C=O) groups excluding carboxylic acids is 1. The average molecular weight is 356 g/mol. The van der Waals surface area contributed by atoms with Gasteiger partial charge in [0, 0.05) is 17.9 Å². The van der Waals surface area contributed by atoms with E-state index in [1.165, 1.54) is 0 Å². The van der Waals surface area contributed by atoms with Crippen molar-refractivity contribution in [2.24, 2.45) is 0 Å². The largest absolute Gasteiger partial charge is 0.350 e. The summed E-state index contributed by atoms with van der Waals surface area (Å²) in [6, 6.07) is 14.5. The molecule has 2 N–H and O–H groups in total. The Bertz CT molecular complexity index is 951. The van der Waals surface area contributed by atoms with Gasteiger partial charge in [-0.1, -0.05) is 35.9 Å². The van der Waals surface area contributed by atoms with E-state index in [0.717, 1.165) is 5.56 Å². The van der Waals surface area contributed by atoms with Crippen LogP contribution in [-0.2, 0) is 11.2 Å². The van der Waals surface area contributed by atoms with Gasteiger partial charge in [0.05, 0.1) is 17.1 Å². The van der Waals surface area contributed by atoms with Crippen molar-refractivity contribution < 1.29 is 4.79 Å². The molecule has 0 spiro atoms. The number of rotatable bonds is 5. The summed E-state index contributed by atoms with van der Waals surface area (Å²) in [5.74, 6) is -0.128. The summed E-state index contributed by atoms with van der Waals surface area (Å²) in [5.41, 5.74) is 2.49. The van der Waals surface area contributed by atoms with Gasteiger partial charge in [-0.2, -0.15) is 0 Å². The molecule has 3 aromatic rings. The number of para-hydroxylation sites is 2. The molecular weight excluding hydrogens is 338 g/mol. The van der Waals surface area contributed by atoms with Gasteiger partial charge in [0.15, 0.2) is 0 Å². The topological polar surface area (TPSA) is 74.8 Å². The minimum atomic E-state index is -0.253. The van der Waals surface area contributed by atoms with Crippen molar-refractivity contribution in [2.45, 2.75) is 25.8 Å². The third kappa shape index (κ3) is 4.25. The highest BCUT2D eigenvalue weighted by molar-refractivity contribution is 6.30. The summed E-state index contributed by atoms with van der Waals surface area (Å²) < 4.78 is 0. The fourth-order valence-corrected chi connectivity index (χ4v) is 2.74. The first kappa shape index (κ1) is 17.2. The van der Waals surface area contributed by atoms with Crippen LogP contribution < -0.4 is 10.9 Å². The first-order chi connectivity index (χ1) is 12.0. The lowest BCUT2D eigenvalue weighted by Gasteiger charge is -2.14. The van der Waals surface area contributed by atoms with Crippen LogP contribution in [0.15, 0.2) is 53.3 Å². The van der Waals surface area contributed by atoms with Gasteiger partial charge in [-0.3, -0.25) is 9.59 Å². The van der Waals surface area contributed by atoms with E-state index in [4.69, 9.17) is 11.6 Å². The monoisotopic (exact) mass is 355 g/mol. The lowest BCUT2D eigenvalue weighted by Crippen LogP contribution is -2.27. The number of halogens is 1. The van der Waals surface area contributed by atoms with Crippen molar-refractivity contribution in [3.63, 3.8) is 0 Å². The number of H-pyrrole nitrogens is 1. The second-order valence-electron chi connectivity index (χ2n) is 5.87.